The van der Waals surface area contributed by atoms with Crippen LogP contribution in [-0.4, -0.2) is 16.7 Å². The van der Waals surface area contributed by atoms with Crippen LogP contribution in [-0.2, 0) is 9.53 Å². The molecule has 0 aromatic heterocycles. The smallest absolute Gasteiger partial charge is 0.364 e. The summed E-state index contributed by atoms with van der Waals surface area (Å²) in [6.45, 7) is 6.59. The third-order valence-corrected chi connectivity index (χ3v) is 1.29. The summed E-state index contributed by atoms with van der Waals surface area (Å²) < 4.78 is 4.86. The zero-order valence-corrected chi connectivity index (χ0v) is 8.83. The number of aliphatic hydroxyl groups excluding tert-OH is 1. The monoisotopic (exact) mass is 201 g/mol. The molecule has 14 heavy (non-hydrogen) atoms. The minimum Gasteiger partial charge on any atom is -0.510 e. The van der Waals surface area contributed by atoms with Gasteiger partial charge in [0.2, 0.25) is 5.70 Å². The highest BCUT2D eigenvalue weighted by molar-refractivity contribution is 5.88. The zero-order valence-electron chi connectivity index (χ0n) is 8.83. The van der Waals surface area contributed by atoms with Gasteiger partial charge in [-0.1, -0.05) is 6.92 Å². The molecule has 0 saturated heterocycles. The van der Waals surface area contributed by atoms with Gasteiger partial charge in [0.1, 0.15) is 11.4 Å². The molecule has 0 heterocycles. The summed E-state index contributed by atoms with van der Waals surface area (Å²) in [5.74, 6) is -1.25. The fourth-order valence-corrected chi connectivity index (χ4v) is 0.702. The van der Waals surface area contributed by atoms with Gasteiger partial charge in [0, 0.05) is 6.42 Å². The van der Waals surface area contributed by atoms with Crippen LogP contribution < -0.4 is 0 Å². The van der Waals surface area contributed by atoms with Crippen LogP contribution >= 0.6 is 0 Å². The van der Waals surface area contributed by atoms with Gasteiger partial charge in [-0.05, 0) is 25.9 Å². The van der Waals surface area contributed by atoms with E-state index >= 15 is 0 Å². The van der Waals surface area contributed by atoms with Crippen molar-refractivity contribution in [2.45, 2.75) is 39.7 Å². The number of nitrogens with zero attached hydrogens (tertiary/aromatic N) is 1. The fourth-order valence-electron chi connectivity index (χ4n) is 0.702. The van der Waals surface area contributed by atoms with Crippen molar-refractivity contribution in [1.82, 2.24) is 0 Å². The molecule has 0 radical (unpaired) electrons. The number of ether oxygens (including phenoxy) is 1. The highest BCUT2D eigenvalue weighted by atomic mass is 16.6. The average molecular weight is 201 g/mol. The summed E-state index contributed by atoms with van der Waals surface area (Å²) in [4.78, 5) is 21.5. The van der Waals surface area contributed by atoms with Crippen LogP contribution in [0.2, 0.25) is 0 Å². The molecule has 0 aliphatic carbocycles. The SMILES string of the molecule is CCC(O)=C(N=O)C(=O)OC(C)(C)C. The molecule has 1 N–H and O–H groups in total. The van der Waals surface area contributed by atoms with E-state index in [2.05, 4.69) is 5.18 Å². The van der Waals surface area contributed by atoms with Gasteiger partial charge in [-0.25, -0.2) is 4.79 Å². The molecule has 0 aliphatic heterocycles. The number of carbonyl (C=O) groups is 1. The lowest BCUT2D eigenvalue weighted by atomic mass is 10.2. The lowest BCUT2D eigenvalue weighted by Crippen LogP contribution is -2.25. The summed E-state index contributed by atoms with van der Waals surface area (Å²) in [5.41, 5.74) is -1.26. The summed E-state index contributed by atoms with van der Waals surface area (Å²) in [5, 5.41) is 11.6. The zero-order chi connectivity index (χ0) is 11.4. The van der Waals surface area contributed by atoms with Gasteiger partial charge in [-0.2, -0.15) is 0 Å². The molecule has 0 aromatic carbocycles. The predicted octanol–water partition coefficient (Wildman–Crippen LogP) is 2.27. The molecule has 0 fully saturated rings. The Kier molecular flexibility index (Phi) is 4.27. The second kappa shape index (κ2) is 4.74. The van der Waals surface area contributed by atoms with E-state index in [0.29, 0.717) is 0 Å². The van der Waals surface area contributed by atoms with Crippen molar-refractivity contribution >= 4 is 5.97 Å². The van der Waals surface area contributed by atoms with Crippen molar-refractivity contribution in [1.29, 1.82) is 0 Å². The Morgan fingerprint density at radius 2 is 1.93 bits per heavy atom. The van der Waals surface area contributed by atoms with Crippen LogP contribution in [0, 0.1) is 4.91 Å². The van der Waals surface area contributed by atoms with Crippen molar-refractivity contribution in [3.63, 3.8) is 0 Å². The van der Waals surface area contributed by atoms with Crippen LogP contribution in [0.3, 0.4) is 0 Å². The first kappa shape index (κ1) is 12.6. The molecule has 0 unspecified atom stereocenters. The van der Waals surface area contributed by atoms with Crippen molar-refractivity contribution in [3.8, 4) is 0 Å². The molecule has 5 nitrogen and oxygen atoms in total. The average Bonchev–Trinajstić information content (AvgIpc) is 2.01. The number of nitroso groups, excluding NO2 is 1. The summed E-state index contributed by atoms with van der Waals surface area (Å²) in [6, 6.07) is 0. The van der Waals surface area contributed by atoms with Crippen molar-refractivity contribution in [2.75, 3.05) is 0 Å². The summed E-state index contributed by atoms with van der Waals surface area (Å²) >= 11 is 0. The Hall–Kier alpha value is -1.39. The quantitative estimate of drug-likeness (QED) is 0.329. The lowest BCUT2D eigenvalue weighted by Gasteiger charge is -2.18. The Balaban J connectivity index is 4.74. The van der Waals surface area contributed by atoms with Gasteiger partial charge in [0.15, 0.2) is 0 Å². The summed E-state index contributed by atoms with van der Waals surface area (Å²) in [6.07, 6.45) is 0.167. The maximum absolute atomic E-state index is 11.3. The molecule has 0 aliphatic rings. The van der Waals surface area contributed by atoms with Crippen LogP contribution in [0.5, 0.6) is 0 Å². The van der Waals surface area contributed by atoms with Gasteiger partial charge in [-0.3, -0.25) is 0 Å². The van der Waals surface area contributed by atoms with E-state index < -0.39 is 17.3 Å². The first-order chi connectivity index (χ1) is 6.31. The van der Waals surface area contributed by atoms with Gasteiger partial charge < -0.3 is 9.84 Å². The third kappa shape index (κ3) is 4.02. The van der Waals surface area contributed by atoms with E-state index in [1.54, 1.807) is 27.7 Å². The van der Waals surface area contributed by atoms with E-state index in [-0.39, 0.29) is 12.2 Å². The Labute approximate surface area is 82.7 Å². The molecule has 0 atom stereocenters. The Morgan fingerprint density at radius 1 is 1.43 bits per heavy atom. The van der Waals surface area contributed by atoms with Crippen molar-refractivity contribution < 1.29 is 14.6 Å². The fraction of sp³-hybridized carbons (Fsp3) is 0.667. The molecule has 0 spiro atoms. The second-order valence-corrected chi connectivity index (χ2v) is 3.74. The number of esters is 1. The minimum atomic E-state index is -0.896. The maximum Gasteiger partial charge on any atom is 0.364 e. The number of rotatable bonds is 3. The number of hydrogen-bond donors (Lipinski definition) is 1. The molecule has 0 saturated carbocycles. The molecular weight excluding hydrogens is 186 g/mol. The van der Waals surface area contributed by atoms with Gasteiger partial charge in [-0.15, -0.1) is 4.91 Å². The van der Waals surface area contributed by atoms with E-state index in [1.165, 1.54) is 0 Å². The van der Waals surface area contributed by atoms with Crippen LogP contribution in [0.4, 0.5) is 0 Å². The molecule has 80 valence electrons. The van der Waals surface area contributed by atoms with Crippen LogP contribution in [0.1, 0.15) is 34.1 Å². The molecule has 0 bridgehead atoms. The van der Waals surface area contributed by atoms with E-state index in [1.807, 2.05) is 0 Å². The molecular formula is C9H15NO4. The predicted molar refractivity (Wildman–Crippen MR) is 51.6 cm³/mol. The van der Waals surface area contributed by atoms with Gasteiger partial charge in [0.25, 0.3) is 0 Å². The summed E-state index contributed by atoms with van der Waals surface area (Å²) in [7, 11) is 0. The topological polar surface area (TPSA) is 76.0 Å². The number of allylic oxidation sites excluding steroid dienone is 1. The first-order valence-electron chi connectivity index (χ1n) is 4.30. The van der Waals surface area contributed by atoms with E-state index in [0.717, 1.165) is 0 Å². The van der Waals surface area contributed by atoms with Crippen LogP contribution in [0.25, 0.3) is 0 Å². The lowest BCUT2D eigenvalue weighted by molar-refractivity contribution is -0.150. The molecule has 0 rings (SSSR count). The number of aliphatic hydroxyl groups is 1. The first-order valence-corrected chi connectivity index (χ1v) is 4.30. The highest BCUT2D eigenvalue weighted by Gasteiger charge is 2.23. The van der Waals surface area contributed by atoms with Crippen molar-refractivity contribution in [3.05, 3.63) is 16.4 Å². The highest BCUT2D eigenvalue weighted by Crippen LogP contribution is 2.14. The Morgan fingerprint density at radius 3 is 2.21 bits per heavy atom. The normalized spacial score (nSPS) is 13.1. The molecule has 0 amide bonds. The Bertz CT molecular complexity index is 262. The number of carbonyl (C=O) groups excluding carboxylic acids is 1. The van der Waals surface area contributed by atoms with E-state index in [9.17, 15) is 9.70 Å². The second-order valence-electron chi connectivity index (χ2n) is 3.74. The van der Waals surface area contributed by atoms with Crippen LogP contribution in [0.15, 0.2) is 16.6 Å². The van der Waals surface area contributed by atoms with Gasteiger partial charge in [0.05, 0.1) is 0 Å². The molecule has 0 aromatic rings. The number of hydrogen-bond acceptors (Lipinski definition) is 5. The maximum atomic E-state index is 11.3. The van der Waals surface area contributed by atoms with E-state index in [4.69, 9.17) is 9.84 Å². The molecule has 5 heteroatoms. The van der Waals surface area contributed by atoms with Gasteiger partial charge >= 0.3 is 5.97 Å². The third-order valence-electron chi connectivity index (χ3n) is 1.29. The minimum absolute atomic E-state index is 0.167. The van der Waals surface area contributed by atoms with Crippen molar-refractivity contribution in [2.24, 2.45) is 5.18 Å². The standard InChI is InChI=1S/C9H15NO4/c1-5-6(11)7(10-13)8(12)14-9(2,3)4/h11H,5H2,1-4H3. The largest absolute Gasteiger partial charge is 0.510 e.